The van der Waals surface area contributed by atoms with Gasteiger partial charge in [0.25, 0.3) is 0 Å². The van der Waals surface area contributed by atoms with Gasteiger partial charge in [0.1, 0.15) is 0 Å². The molecule has 0 atom stereocenters. The van der Waals surface area contributed by atoms with Gasteiger partial charge < -0.3 is 14.8 Å². The third-order valence-electron chi connectivity index (χ3n) is 2.72. The molecule has 1 aromatic carbocycles. The van der Waals surface area contributed by atoms with Crippen LogP contribution in [-0.4, -0.2) is 43.6 Å². The van der Waals surface area contributed by atoms with Gasteiger partial charge in [-0.2, -0.15) is 5.06 Å². The Morgan fingerprint density at radius 3 is 2.44 bits per heavy atom. The summed E-state index contributed by atoms with van der Waals surface area (Å²) in [7, 11) is 1.65. The first-order chi connectivity index (χ1) is 7.75. The van der Waals surface area contributed by atoms with Crippen LogP contribution in [-0.2, 0) is 11.3 Å². The van der Waals surface area contributed by atoms with E-state index in [9.17, 15) is 0 Å². The van der Waals surface area contributed by atoms with Crippen LogP contribution in [0.15, 0.2) is 24.3 Å². The molecule has 1 aliphatic rings. The Morgan fingerprint density at radius 1 is 1.25 bits per heavy atom. The Morgan fingerprint density at radius 2 is 1.88 bits per heavy atom. The molecule has 0 radical (unpaired) electrons. The number of benzene rings is 1. The van der Waals surface area contributed by atoms with Crippen LogP contribution in [0.1, 0.15) is 5.56 Å². The minimum atomic E-state index is 0.559. The van der Waals surface area contributed by atoms with Gasteiger partial charge in [0.2, 0.25) is 0 Å². The number of morpholine rings is 1. The number of hydroxylamine groups is 2. The molecule has 0 aromatic heterocycles. The van der Waals surface area contributed by atoms with Crippen LogP contribution in [0, 0.1) is 0 Å². The summed E-state index contributed by atoms with van der Waals surface area (Å²) in [6, 6.07) is 8.31. The van der Waals surface area contributed by atoms with Gasteiger partial charge in [0.05, 0.1) is 13.2 Å². The molecule has 1 fully saturated rings. The van der Waals surface area contributed by atoms with Crippen molar-refractivity contribution < 1.29 is 9.94 Å². The lowest BCUT2D eigenvalue weighted by Crippen LogP contribution is -2.36. The molecule has 88 valence electrons. The van der Waals surface area contributed by atoms with Crippen molar-refractivity contribution in [3.05, 3.63) is 29.8 Å². The topological polar surface area (TPSA) is 35.9 Å². The lowest BCUT2D eigenvalue weighted by molar-refractivity contribution is -0.0731. The van der Waals surface area contributed by atoms with Crippen molar-refractivity contribution in [2.24, 2.45) is 0 Å². The number of rotatable bonds is 3. The van der Waals surface area contributed by atoms with Gasteiger partial charge in [-0.25, -0.2) is 0 Å². The van der Waals surface area contributed by atoms with Gasteiger partial charge in [0, 0.05) is 32.4 Å². The number of ether oxygens (including phenoxy) is 1. The molecule has 0 unspecified atom stereocenters. The van der Waals surface area contributed by atoms with Crippen molar-refractivity contribution in [2.45, 2.75) is 6.54 Å². The van der Waals surface area contributed by atoms with Crippen molar-refractivity contribution in [3.63, 3.8) is 0 Å². The highest BCUT2D eigenvalue weighted by Gasteiger charge is 2.10. The molecule has 0 bridgehead atoms. The van der Waals surface area contributed by atoms with Crippen molar-refractivity contribution in [1.29, 1.82) is 0 Å². The zero-order chi connectivity index (χ0) is 11.4. The van der Waals surface area contributed by atoms with E-state index in [1.165, 1.54) is 10.8 Å². The van der Waals surface area contributed by atoms with Crippen LogP contribution in [0.2, 0.25) is 0 Å². The molecule has 4 heteroatoms. The maximum Gasteiger partial charge on any atom is 0.0642 e. The standard InChI is InChI=1S/C12H18N2O2/c1-13(15)10-11-2-4-12(5-3-11)14-6-8-16-9-7-14/h2-5,15H,6-10H2,1H3. The maximum atomic E-state index is 9.13. The van der Waals surface area contributed by atoms with E-state index >= 15 is 0 Å². The third kappa shape index (κ3) is 2.95. The Hall–Kier alpha value is -1.10. The number of anilines is 1. The molecule has 1 aromatic rings. The predicted octanol–water partition coefficient (Wildman–Crippen LogP) is 1.34. The molecular formula is C12H18N2O2. The van der Waals surface area contributed by atoms with E-state index in [2.05, 4.69) is 29.2 Å². The minimum Gasteiger partial charge on any atom is -0.378 e. The summed E-state index contributed by atoms with van der Waals surface area (Å²) in [6.07, 6.45) is 0. The van der Waals surface area contributed by atoms with Crippen LogP contribution in [0.4, 0.5) is 5.69 Å². The van der Waals surface area contributed by atoms with E-state index in [0.717, 1.165) is 31.9 Å². The molecule has 0 aliphatic carbocycles. The molecule has 16 heavy (non-hydrogen) atoms. The third-order valence-corrected chi connectivity index (χ3v) is 2.72. The molecule has 4 nitrogen and oxygen atoms in total. The fourth-order valence-electron chi connectivity index (χ4n) is 1.90. The van der Waals surface area contributed by atoms with Crippen molar-refractivity contribution in [3.8, 4) is 0 Å². The summed E-state index contributed by atoms with van der Waals surface area (Å²) in [5, 5.41) is 10.3. The van der Waals surface area contributed by atoms with Gasteiger partial charge in [0.15, 0.2) is 0 Å². The smallest absolute Gasteiger partial charge is 0.0642 e. The van der Waals surface area contributed by atoms with Crippen LogP contribution in [0.25, 0.3) is 0 Å². The molecular weight excluding hydrogens is 204 g/mol. The second-order valence-corrected chi connectivity index (χ2v) is 4.08. The molecule has 0 saturated carbocycles. The van der Waals surface area contributed by atoms with Gasteiger partial charge in [-0.05, 0) is 17.7 Å². The highest BCUT2D eigenvalue weighted by atomic mass is 16.5. The number of nitrogens with zero attached hydrogens (tertiary/aromatic N) is 2. The maximum absolute atomic E-state index is 9.13. The van der Waals surface area contributed by atoms with Crippen LogP contribution in [0.5, 0.6) is 0 Å². The predicted molar refractivity (Wildman–Crippen MR) is 62.7 cm³/mol. The molecule has 1 heterocycles. The van der Waals surface area contributed by atoms with Gasteiger partial charge in [-0.3, -0.25) is 0 Å². The lowest BCUT2D eigenvalue weighted by atomic mass is 10.2. The molecule has 0 spiro atoms. The van der Waals surface area contributed by atoms with Crippen molar-refractivity contribution in [2.75, 3.05) is 38.3 Å². The average molecular weight is 222 g/mol. The van der Waals surface area contributed by atoms with E-state index in [0.29, 0.717) is 6.54 Å². The second kappa shape index (κ2) is 5.30. The summed E-state index contributed by atoms with van der Waals surface area (Å²) in [6.45, 7) is 4.09. The lowest BCUT2D eigenvalue weighted by Gasteiger charge is -2.29. The first-order valence-corrected chi connectivity index (χ1v) is 5.57. The Kier molecular flexibility index (Phi) is 3.77. The van der Waals surface area contributed by atoms with E-state index < -0.39 is 0 Å². The van der Waals surface area contributed by atoms with E-state index in [-0.39, 0.29) is 0 Å². The Balaban J connectivity index is 2.00. The number of hydrogen-bond acceptors (Lipinski definition) is 4. The Bertz CT molecular complexity index is 318. The highest BCUT2D eigenvalue weighted by molar-refractivity contribution is 5.47. The summed E-state index contributed by atoms with van der Waals surface area (Å²) >= 11 is 0. The average Bonchev–Trinajstić information content (AvgIpc) is 2.30. The van der Waals surface area contributed by atoms with Crippen molar-refractivity contribution >= 4 is 5.69 Å². The summed E-state index contributed by atoms with van der Waals surface area (Å²) in [5.74, 6) is 0. The minimum absolute atomic E-state index is 0.559. The zero-order valence-electron chi connectivity index (χ0n) is 9.59. The van der Waals surface area contributed by atoms with Gasteiger partial charge in [-0.1, -0.05) is 12.1 Å². The van der Waals surface area contributed by atoms with E-state index in [1.54, 1.807) is 7.05 Å². The van der Waals surface area contributed by atoms with Gasteiger partial charge >= 0.3 is 0 Å². The number of hydrogen-bond donors (Lipinski definition) is 1. The fraction of sp³-hybridized carbons (Fsp3) is 0.500. The highest BCUT2D eigenvalue weighted by Crippen LogP contribution is 2.16. The van der Waals surface area contributed by atoms with Crippen LogP contribution >= 0.6 is 0 Å². The summed E-state index contributed by atoms with van der Waals surface area (Å²) < 4.78 is 5.32. The van der Waals surface area contributed by atoms with Gasteiger partial charge in [-0.15, -0.1) is 0 Å². The first kappa shape index (κ1) is 11.4. The quantitative estimate of drug-likeness (QED) is 0.783. The summed E-state index contributed by atoms with van der Waals surface area (Å²) in [4.78, 5) is 2.32. The largest absolute Gasteiger partial charge is 0.378 e. The normalized spacial score (nSPS) is 16.8. The fourth-order valence-corrected chi connectivity index (χ4v) is 1.90. The first-order valence-electron chi connectivity index (χ1n) is 5.57. The van der Waals surface area contributed by atoms with E-state index in [1.807, 2.05) is 0 Å². The van der Waals surface area contributed by atoms with Crippen molar-refractivity contribution in [1.82, 2.24) is 5.06 Å². The molecule has 1 N–H and O–H groups in total. The molecule has 1 aliphatic heterocycles. The SMILES string of the molecule is CN(O)Cc1ccc(N2CCOCC2)cc1. The molecule has 2 rings (SSSR count). The summed E-state index contributed by atoms with van der Waals surface area (Å²) in [5.41, 5.74) is 2.34. The van der Waals surface area contributed by atoms with E-state index in [4.69, 9.17) is 9.94 Å². The molecule has 1 saturated heterocycles. The monoisotopic (exact) mass is 222 g/mol. The van der Waals surface area contributed by atoms with Crippen LogP contribution in [0.3, 0.4) is 0 Å². The second-order valence-electron chi connectivity index (χ2n) is 4.08. The molecule has 0 amide bonds. The van der Waals surface area contributed by atoms with Crippen LogP contribution < -0.4 is 4.90 Å². The zero-order valence-corrected chi connectivity index (χ0v) is 9.59. The Labute approximate surface area is 96.0 Å².